The van der Waals surface area contributed by atoms with Gasteiger partial charge in [0, 0.05) is 13.1 Å². The molecule has 37 heavy (non-hydrogen) atoms. The lowest BCUT2D eigenvalue weighted by Gasteiger charge is -2.32. The van der Waals surface area contributed by atoms with Gasteiger partial charge >= 0.3 is 0 Å². The lowest BCUT2D eigenvalue weighted by Crippen LogP contribution is -2.51. The highest BCUT2D eigenvalue weighted by Gasteiger charge is 2.33. The molecule has 0 bridgehead atoms. The average Bonchev–Trinajstić information content (AvgIpc) is 2.86. The third-order valence-electron chi connectivity index (χ3n) is 6.22. The van der Waals surface area contributed by atoms with Crippen molar-refractivity contribution in [3.63, 3.8) is 0 Å². The second kappa shape index (κ2) is 12.1. The summed E-state index contributed by atoms with van der Waals surface area (Å²) in [5.74, 6) is -0.774. The highest BCUT2D eigenvalue weighted by molar-refractivity contribution is 7.92. The lowest BCUT2D eigenvalue weighted by atomic mass is 10.1. The highest BCUT2D eigenvalue weighted by Crippen LogP contribution is 2.28. The Morgan fingerprint density at radius 2 is 1.51 bits per heavy atom. The maximum absolute atomic E-state index is 13.9. The van der Waals surface area contributed by atoms with Crippen LogP contribution in [0.4, 0.5) is 5.69 Å². The first kappa shape index (κ1) is 27.9. The molecule has 0 heterocycles. The number of likely N-dealkylation sites (N-methyl/N-ethyl adjacent to an activating group) is 1. The molecule has 0 saturated carbocycles. The molecule has 0 radical (unpaired) electrons. The molecule has 0 unspecified atom stereocenters. The number of carbonyl (C=O) groups is 2. The Hall–Kier alpha value is -3.65. The lowest BCUT2D eigenvalue weighted by molar-refractivity contribution is -0.139. The Labute approximate surface area is 220 Å². The van der Waals surface area contributed by atoms with E-state index in [-0.39, 0.29) is 17.3 Å². The van der Waals surface area contributed by atoms with E-state index in [0.29, 0.717) is 12.2 Å². The Kier molecular flexibility index (Phi) is 9.10. The van der Waals surface area contributed by atoms with Crippen molar-refractivity contribution in [1.82, 2.24) is 10.2 Å². The van der Waals surface area contributed by atoms with E-state index in [1.54, 1.807) is 37.3 Å². The van der Waals surface area contributed by atoms with Crippen molar-refractivity contribution >= 4 is 27.5 Å². The highest BCUT2D eigenvalue weighted by atomic mass is 32.2. The van der Waals surface area contributed by atoms with Crippen LogP contribution in [0.25, 0.3) is 0 Å². The minimum absolute atomic E-state index is 0.0947. The van der Waals surface area contributed by atoms with Gasteiger partial charge in [0.15, 0.2) is 0 Å². The first-order valence-electron chi connectivity index (χ1n) is 12.3. The number of sulfonamides is 1. The minimum atomic E-state index is -4.08. The summed E-state index contributed by atoms with van der Waals surface area (Å²) < 4.78 is 28.9. The van der Waals surface area contributed by atoms with Gasteiger partial charge in [-0.3, -0.25) is 13.9 Å². The monoisotopic (exact) mass is 521 g/mol. The molecule has 0 spiro atoms. The number of amides is 2. The van der Waals surface area contributed by atoms with Crippen LogP contribution >= 0.6 is 0 Å². The van der Waals surface area contributed by atoms with Crippen molar-refractivity contribution in [2.24, 2.45) is 0 Å². The topological polar surface area (TPSA) is 86.8 Å². The molecule has 0 aliphatic heterocycles. The standard InChI is InChI=1S/C29H35N3O4S/c1-6-30-29(34)24(5)31(19-25-10-8-7-9-11-25)28(33)20-32(27-17-14-22(3)18-23(27)4)37(35,36)26-15-12-21(2)13-16-26/h7-18,24H,6,19-20H2,1-5H3,(H,30,34)/t24-/m1/s1. The van der Waals surface area contributed by atoms with Crippen LogP contribution in [0.5, 0.6) is 0 Å². The number of rotatable bonds is 10. The molecule has 0 aliphatic carbocycles. The van der Waals surface area contributed by atoms with Crippen LogP contribution in [-0.4, -0.2) is 44.3 Å². The Balaban J connectivity index is 2.05. The van der Waals surface area contributed by atoms with Crippen molar-refractivity contribution < 1.29 is 18.0 Å². The molecular formula is C29H35N3O4S. The number of carbonyl (C=O) groups excluding carboxylic acids is 2. The van der Waals surface area contributed by atoms with Gasteiger partial charge in [-0.1, -0.05) is 65.7 Å². The second-order valence-corrected chi connectivity index (χ2v) is 11.1. The largest absolute Gasteiger partial charge is 0.355 e. The third-order valence-corrected chi connectivity index (χ3v) is 8.00. The van der Waals surface area contributed by atoms with Crippen molar-refractivity contribution in [1.29, 1.82) is 0 Å². The summed E-state index contributed by atoms with van der Waals surface area (Å²) >= 11 is 0. The fourth-order valence-electron chi connectivity index (χ4n) is 4.12. The van der Waals surface area contributed by atoms with Crippen LogP contribution in [-0.2, 0) is 26.2 Å². The van der Waals surface area contributed by atoms with E-state index >= 15 is 0 Å². The molecule has 3 aromatic rings. The van der Waals surface area contributed by atoms with Crippen molar-refractivity contribution in [2.75, 3.05) is 17.4 Å². The van der Waals surface area contributed by atoms with Gasteiger partial charge in [0.1, 0.15) is 12.6 Å². The fourth-order valence-corrected chi connectivity index (χ4v) is 5.60. The predicted molar refractivity (Wildman–Crippen MR) is 147 cm³/mol. The van der Waals surface area contributed by atoms with Gasteiger partial charge in [-0.25, -0.2) is 8.42 Å². The maximum atomic E-state index is 13.9. The van der Waals surface area contributed by atoms with Crippen molar-refractivity contribution in [3.05, 3.63) is 95.1 Å². The van der Waals surface area contributed by atoms with Crippen LogP contribution in [0.3, 0.4) is 0 Å². The van der Waals surface area contributed by atoms with E-state index in [9.17, 15) is 18.0 Å². The second-order valence-electron chi connectivity index (χ2n) is 9.19. The zero-order chi connectivity index (χ0) is 27.2. The SMILES string of the molecule is CCNC(=O)[C@@H](C)N(Cc1ccccc1)C(=O)CN(c1ccc(C)cc1C)S(=O)(=O)c1ccc(C)cc1. The van der Waals surface area contributed by atoms with E-state index in [0.717, 1.165) is 26.6 Å². The molecule has 3 aromatic carbocycles. The summed E-state index contributed by atoms with van der Waals surface area (Å²) in [4.78, 5) is 28.1. The smallest absolute Gasteiger partial charge is 0.264 e. The summed E-state index contributed by atoms with van der Waals surface area (Å²) in [6, 6.07) is 20.5. The van der Waals surface area contributed by atoms with Crippen molar-refractivity contribution in [2.45, 2.75) is 52.1 Å². The Bertz CT molecular complexity index is 1340. The molecule has 8 heteroatoms. The Morgan fingerprint density at radius 1 is 0.892 bits per heavy atom. The van der Waals surface area contributed by atoms with Gasteiger partial charge in [-0.15, -0.1) is 0 Å². The van der Waals surface area contributed by atoms with Gasteiger partial charge in [0.05, 0.1) is 10.6 Å². The number of hydrogen-bond donors (Lipinski definition) is 1. The summed E-state index contributed by atoms with van der Waals surface area (Å²) in [6.45, 7) is 9.24. The normalized spacial score (nSPS) is 12.0. The molecule has 1 atom stereocenters. The molecule has 2 amide bonds. The molecule has 0 aromatic heterocycles. The van der Waals surface area contributed by atoms with Gasteiger partial charge < -0.3 is 10.2 Å². The quantitative estimate of drug-likeness (QED) is 0.430. The number of hydrogen-bond acceptors (Lipinski definition) is 4. The minimum Gasteiger partial charge on any atom is -0.355 e. The van der Waals surface area contributed by atoms with Crippen molar-refractivity contribution in [3.8, 4) is 0 Å². The van der Waals surface area contributed by atoms with Crippen LogP contribution in [0.1, 0.15) is 36.1 Å². The summed E-state index contributed by atoms with van der Waals surface area (Å²) in [6.07, 6.45) is 0. The van der Waals surface area contributed by atoms with Gasteiger partial charge in [0.2, 0.25) is 11.8 Å². The zero-order valence-corrected chi connectivity index (χ0v) is 22.9. The van der Waals surface area contributed by atoms with Crippen LogP contribution < -0.4 is 9.62 Å². The number of anilines is 1. The van der Waals surface area contributed by atoms with E-state index in [4.69, 9.17) is 0 Å². The zero-order valence-electron chi connectivity index (χ0n) is 22.1. The summed E-state index contributed by atoms with van der Waals surface area (Å²) in [5.41, 5.74) is 3.90. The summed E-state index contributed by atoms with van der Waals surface area (Å²) in [7, 11) is -4.08. The number of aryl methyl sites for hydroxylation is 3. The average molecular weight is 522 g/mol. The van der Waals surface area contributed by atoms with Crippen LogP contribution in [0, 0.1) is 20.8 Å². The molecule has 1 N–H and O–H groups in total. The van der Waals surface area contributed by atoms with E-state index in [1.165, 1.54) is 4.90 Å². The summed E-state index contributed by atoms with van der Waals surface area (Å²) in [5, 5.41) is 2.76. The van der Waals surface area contributed by atoms with E-state index < -0.39 is 28.5 Å². The van der Waals surface area contributed by atoms with Crippen LogP contribution in [0.15, 0.2) is 77.7 Å². The number of nitrogens with zero attached hydrogens (tertiary/aromatic N) is 2. The Morgan fingerprint density at radius 3 is 2.11 bits per heavy atom. The van der Waals surface area contributed by atoms with Gasteiger partial charge in [-0.05, 0) is 63.9 Å². The number of nitrogens with one attached hydrogen (secondary N) is 1. The molecular weight excluding hydrogens is 486 g/mol. The molecule has 196 valence electrons. The van der Waals surface area contributed by atoms with E-state index in [1.807, 2.05) is 70.2 Å². The molecule has 0 fully saturated rings. The maximum Gasteiger partial charge on any atom is 0.264 e. The molecule has 0 saturated heterocycles. The molecule has 7 nitrogen and oxygen atoms in total. The van der Waals surface area contributed by atoms with Gasteiger partial charge in [-0.2, -0.15) is 0 Å². The fraction of sp³-hybridized carbons (Fsp3) is 0.310. The van der Waals surface area contributed by atoms with Gasteiger partial charge in [0.25, 0.3) is 10.0 Å². The van der Waals surface area contributed by atoms with Crippen LogP contribution in [0.2, 0.25) is 0 Å². The first-order valence-corrected chi connectivity index (χ1v) is 13.8. The predicted octanol–water partition coefficient (Wildman–Crippen LogP) is 4.36. The third kappa shape index (κ3) is 6.77. The molecule has 0 aliphatic rings. The molecule has 3 rings (SSSR count). The first-order chi connectivity index (χ1) is 17.5. The van der Waals surface area contributed by atoms with E-state index in [2.05, 4.69) is 5.32 Å². The number of benzene rings is 3.